The van der Waals surface area contributed by atoms with Gasteiger partial charge >= 0.3 is 0 Å². The number of para-hydroxylation sites is 1. The second-order valence-corrected chi connectivity index (χ2v) is 6.50. The monoisotopic (exact) mass is 386 g/mol. The number of carbonyl (C=O) groups excluding carboxylic acids is 1. The molecule has 0 bridgehead atoms. The minimum Gasteiger partial charge on any atom is -0.485 e. The SMILES string of the molecule is Cc1ccccc1OCc1ccc(/C=C/C(=O)c2ccc(Cl)c(Cl)c2)o1. The number of hydrogen-bond donors (Lipinski definition) is 0. The van der Waals surface area contributed by atoms with Crippen LogP contribution in [0, 0.1) is 6.92 Å². The van der Waals surface area contributed by atoms with Crippen molar-refractivity contribution in [3.63, 3.8) is 0 Å². The van der Waals surface area contributed by atoms with Gasteiger partial charge in [0, 0.05) is 5.56 Å². The van der Waals surface area contributed by atoms with Gasteiger partial charge in [-0.05, 0) is 61.0 Å². The van der Waals surface area contributed by atoms with E-state index in [-0.39, 0.29) is 5.78 Å². The Morgan fingerprint density at radius 3 is 2.65 bits per heavy atom. The number of rotatable bonds is 6. The lowest BCUT2D eigenvalue weighted by molar-refractivity contribution is 0.104. The third-order valence-electron chi connectivity index (χ3n) is 3.75. The number of ketones is 1. The molecule has 5 heteroatoms. The van der Waals surface area contributed by atoms with Gasteiger partial charge in [-0.25, -0.2) is 0 Å². The molecule has 0 spiro atoms. The average molecular weight is 387 g/mol. The van der Waals surface area contributed by atoms with Crippen molar-refractivity contribution in [1.29, 1.82) is 0 Å². The molecule has 0 saturated heterocycles. The van der Waals surface area contributed by atoms with Crippen molar-refractivity contribution in [3.05, 3.63) is 93.4 Å². The highest BCUT2D eigenvalue weighted by Crippen LogP contribution is 2.23. The second-order valence-electron chi connectivity index (χ2n) is 5.68. The van der Waals surface area contributed by atoms with E-state index < -0.39 is 0 Å². The molecule has 26 heavy (non-hydrogen) atoms. The summed E-state index contributed by atoms with van der Waals surface area (Å²) >= 11 is 11.8. The molecule has 0 aliphatic carbocycles. The van der Waals surface area contributed by atoms with Crippen LogP contribution in [-0.4, -0.2) is 5.78 Å². The van der Waals surface area contributed by atoms with Crippen LogP contribution in [0.2, 0.25) is 10.0 Å². The number of furan rings is 1. The van der Waals surface area contributed by atoms with Crippen molar-refractivity contribution in [2.24, 2.45) is 0 Å². The summed E-state index contributed by atoms with van der Waals surface area (Å²) in [6, 6.07) is 16.2. The smallest absolute Gasteiger partial charge is 0.186 e. The molecule has 0 fully saturated rings. The predicted octanol–water partition coefficient (Wildman–Crippen LogP) is 6.37. The zero-order valence-electron chi connectivity index (χ0n) is 14.0. The summed E-state index contributed by atoms with van der Waals surface area (Å²) in [6.07, 6.45) is 3.05. The lowest BCUT2D eigenvalue weighted by Gasteiger charge is -2.06. The van der Waals surface area contributed by atoms with Gasteiger partial charge in [0.2, 0.25) is 0 Å². The van der Waals surface area contributed by atoms with Gasteiger partial charge in [0.15, 0.2) is 5.78 Å². The van der Waals surface area contributed by atoms with Gasteiger partial charge in [0.05, 0.1) is 10.0 Å². The number of carbonyl (C=O) groups is 1. The van der Waals surface area contributed by atoms with E-state index in [9.17, 15) is 4.79 Å². The number of aryl methyl sites for hydroxylation is 1. The fraction of sp³-hybridized carbons (Fsp3) is 0.0952. The molecule has 1 heterocycles. The second kappa shape index (κ2) is 8.26. The number of benzene rings is 2. The Hall–Kier alpha value is -2.49. The maximum Gasteiger partial charge on any atom is 0.186 e. The first-order chi connectivity index (χ1) is 12.5. The Morgan fingerprint density at radius 2 is 1.88 bits per heavy atom. The maximum atomic E-state index is 12.2. The first-order valence-electron chi connectivity index (χ1n) is 7.97. The Labute approximate surface area is 161 Å². The van der Waals surface area contributed by atoms with Gasteiger partial charge in [0.1, 0.15) is 23.9 Å². The van der Waals surface area contributed by atoms with Gasteiger partial charge in [-0.1, -0.05) is 41.4 Å². The van der Waals surface area contributed by atoms with Gasteiger partial charge in [-0.3, -0.25) is 4.79 Å². The average Bonchev–Trinajstić information content (AvgIpc) is 3.09. The van der Waals surface area contributed by atoms with Gasteiger partial charge < -0.3 is 9.15 Å². The molecule has 132 valence electrons. The Morgan fingerprint density at radius 1 is 1.08 bits per heavy atom. The summed E-state index contributed by atoms with van der Waals surface area (Å²) in [5.74, 6) is 1.88. The van der Waals surface area contributed by atoms with Crippen LogP contribution < -0.4 is 4.74 Å². The summed E-state index contributed by atoms with van der Waals surface area (Å²) in [7, 11) is 0. The Kier molecular flexibility index (Phi) is 5.82. The molecule has 0 atom stereocenters. The summed E-state index contributed by atoms with van der Waals surface area (Å²) < 4.78 is 11.4. The van der Waals surface area contributed by atoms with Crippen molar-refractivity contribution >= 4 is 35.1 Å². The minimum absolute atomic E-state index is 0.183. The number of allylic oxidation sites excluding steroid dienone is 1. The Balaban J connectivity index is 1.62. The van der Waals surface area contributed by atoms with Crippen molar-refractivity contribution < 1.29 is 13.9 Å². The molecule has 0 unspecified atom stereocenters. The van der Waals surface area contributed by atoms with Crippen LogP contribution >= 0.6 is 23.2 Å². The van der Waals surface area contributed by atoms with E-state index in [1.165, 1.54) is 6.08 Å². The molecule has 0 aliphatic heterocycles. The van der Waals surface area contributed by atoms with E-state index in [1.807, 2.05) is 37.3 Å². The van der Waals surface area contributed by atoms with Gasteiger partial charge in [-0.15, -0.1) is 0 Å². The molecule has 3 nitrogen and oxygen atoms in total. The summed E-state index contributed by atoms with van der Waals surface area (Å²) in [6.45, 7) is 2.31. The molecule has 0 radical (unpaired) electrons. The van der Waals surface area contributed by atoms with Crippen molar-refractivity contribution in [3.8, 4) is 5.75 Å². The van der Waals surface area contributed by atoms with Crippen LogP contribution in [0.3, 0.4) is 0 Å². The van der Waals surface area contributed by atoms with Gasteiger partial charge in [0.25, 0.3) is 0 Å². The highest BCUT2D eigenvalue weighted by Gasteiger charge is 2.07. The van der Waals surface area contributed by atoms with Gasteiger partial charge in [-0.2, -0.15) is 0 Å². The quantitative estimate of drug-likeness (QED) is 0.364. The normalized spacial score (nSPS) is 11.0. The van der Waals surface area contributed by atoms with Crippen LogP contribution in [0.15, 0.2) is 65.1 Å². The highest BCUT2D eigenvalue weighted by molar-refractivity contribution is 6.42. The van der Waals surface area contributed by atoms with Crippen LogP contribution in [-0.2, 0) is 6.61 Å². The first kappa shape index (κ1) is 18.3. The zero-order chi connectivity index (χ0) is 18.5. The molecule has 3 rings (SSSR count). The predicted molar refractivity (Wildman–Crippen MR) is 104 cm³/mol. The standard InChI is InChI=1S/C21H16Cl2O3/c1-14-4-2-3-5-21(14)25-13-17-8-7-16(26-17)9-11-20(24)15-6-10-18(22)19(23)12-15/h2-12H,13H2,1H3/b11-9+. The fourth-order valence-electron chi connectivity index (χ4n) is 2.33. The molecule has 0 aliphatic rings. The van der Waals surface area contributed by atoms with E-state index in [0.717, 1.165) is 11.3 Å². The van der Waals surface area contributed by atoms with Crippen molar-refractivity contribution in [2.45, 2.75) is 13.5 Å². The third-order valence-corrected chi connectivity index (χ3v) is 4.49. The van der Waals surface area contributed by atoms with E-state index in [0.29, 0.717) is 33.7 Å². The Bertz CT molecular complexity index is 957. The molecular formula is C21H16Cl2O3. The number of hydrogen-bond acceptors (Lipinski definition) is 3. The van der Waals surface area contributed by atoms with Crippen LogP contribution in [0.25, 0.3) is 6.08 Å². The highest BCUT2D eigenvalue weighted by atomic mass is 35.5. The van der Waals surface area contributed by atoms with Crippen LogP contribution in [0.1, 0.15) is 27.4 Å². The van der Waals surface area contributed by atoms with Crippen molar-refractivity contribution in [2.75, 3.05) is 0 Å². The molecule has 0 amide bonds. The zero-order valence-corrected chi connectivity index (χ0v) is 15.6. The van der Waals surface area contributed by atoms with E-state index >= 15 is 0 Å². The van der Waals surface area contributed by atoms with Crippen LogP contribution in [0.4, 0.5) is 0 Å². The lowest BCUT2D eigenvalue weighted by atomic mass is 10.1. The molecule has 1 aromatic heterocycles. The first-order valence-corrected chi connectivity index (χ1v) is 8.73. The minimum atomic E-state index is -0.183. The molecule has 2 aromatic carbocycles. The summed E-state index contributed by atoms with van der Waals surface area (Å²) in [4.78, 5) is 12.2. The van der Waals surface area contributed by atoms with E-state index in [2.05, 4.69) is 0 Å². The summed E-state index contributed by atoms with van der Waals surface area (Å²) in [5, 5.41) is 0.760. The largest absolute Gasteiger partial charge is 0.485 e. The molecule has 3 aromatic rings. The topological polar surface area (TPSA) is 39.4 Å². The lowest BCUT2D eigenvalue weighted by Crippen LogP contribution is -1.95. The number of halogens is 2. The fourth-order valence-corrected chi connectivity index (χ4v) is 2.63. The van der Waals surface area contributed by atoms with Crippen molar-refractivity contribution in [1.82, 2.24) is 0 Å². The van der Waals surface area contributed by atoms with E-state index in [4.69, 9.17) is 32.4 Å². The number of ether oxygens (including phenoxy) is 1. The molecular weight excluding hydrogens is 371 g/mol. The van der Waals surface area contributed by atoms with E-state index in [1.54, 1.807) is 30.3 Å². The summed E-state index contributed by atoms with van der Waals surface area (Å²) in [5.41, 5.74) is 1.52. The maximum absolute atomic E-state index is 12.2. The third kappa shape index (κ3) is 4.57. The van der Waals surface area contributed by atoms with Crippen LogP contribution in [0.5, 0.6) is 5.75 Å². The molecule has 0 saturated carbocycles. The molecule has 0 N–H and O–H groups in total.